The van der Waals surface area contributed by atoms with Crippen LogP contribution in [-0.2, 0) is 35.2 Å². The van der Waals surface area contributed by atoms with Crippen LogP contribution in [0.5, 0.6) is 0 Å². The molecular formula is C35H49N7O7S. The second-order valence-corrected chi connectivity index (χ2v) is 13.3. The quantitative estimate of drug-likeness (QED) is 0.181. The van der Waals surface area contributed by atoms with Crippen molar-refractivity contribution >= 4 is 55.4 Å². The largest absolute Gasteiger partial charge is 0.464 e. The van der Waals surface area contributed by atoms with E-state index in [0.717, 1.165) is 10.3 Å². The number of rotatable bonds is 12. The van der Waals surface area contributed by atoms with Gasteiger partial charge in [-0.15, -0.1) is 11.3 Å². The van der Waals surface area contributed by atoms with Crippen molar-refractivity contribution in [3.8, 4) is 0 Å². The Balaban J connectivity index is 1.50. The maximum atomic E-state index is 13.4. The summed E-state index contributed by atoms with van der Waals surface area (Å²) in [6, 6.07) is 8.01. The molecule has 2 aromatic heterocycles. The zero-order chi connectivity index (χ0) is 36.0. The second kappa shape index (κ2) is 19.4. The Bertz CT molecular complexity index is 1630. The van der Waals surface area contributed by atoms with Crippen LogP contribution in [-0.4, -0.2) is 134 Å². The minimum absolute atomic E-state index is 0.0478. The maximum absolute atomic E-state index is 13.4. The van der Waals surface area contributed by atoms with Gasteiger partial charge in [-0.05, 0) is 57.5 Å². The van der Waals surface area contributed by atoms with Gasteiger partial charge in [-0.1, -0.05) is 6.07 Å². The van der Waals surface area contributed by atoms with Crippen LogP contribution >= 0.6 is 11.3 Å². The van der Waals surface area contributed by atoms with Crippen LogP contribution in [0.3, 0.4) is 0 Å². The fourth-order valence-corrected chi connectivity index (χ4v) is 6.69. The highest BCUT2D eigenvalue weighted by Crippen LogP contribution is 2.24. The van der Waals surface area contributed by atoms with Gasteiger partial charge < -0.3 is 25.4 Å². The predicted molar refractivity (Wildman–Crippen MR) is 193 cm³/mol. The number of ether oxygens (including phenoxy) is 2. The lowest BCUT2D eigenvalue weighted by atomic mass is 10.1. The first-order valence-corrected chi connectivity index (χ1v) is 18.0. The fraction of sp³-hybridized carbons (Fsp3) is 0.543. The molecule has 1 aromatic carbocycles. The highest BCUT2D eigenvalue weighted by Gasteiger charge is 2.22. The molecule has 272 valence electrons. The standard InChI is InChI=1S/C35H49N7O7S/c1-5-48-34(46)24(3)38-30(43)22-40-14-12-36-13-15-41(23-31(44)39-25(4)35(47)49-6-2)17-19-42(18-16-40)21-26-9-10-29-28(20-26)32(45)27-8-7-11-37-33(27)50-29/h7-11,20,24-25,36H,5-6,12-19,21-23H2,1-4H3,(H,38,43)(H,39,44). The molecule has 3 N–H and O–H groups in total. The number of pyridine rings is 1. The molecule has 0 bridgehead atoms. The van der Waals surface area contributed by atoms with Gasteiger partial charge in [-0.2, -0.15) is 0 Å². The van der Waals surface area contributed by atoms with Crippen LogP contribution in [0.15, 0.2) is 41.3 Å². The Morgan fingerprint density at radius 3 is 1.94 bits per heavy atom. The van der Waals surface area contributed by atoms with Gasteiger partial charge in [0.05, 0.1) is 31.7 Å². The molecule has 1 aliphatic rings. The number of carbonyl (C=O) groups is 4. The zero-order valence-electron chi connectivity index (χ0n) is 29.4. The van der Waals surface area contributed by atoms with Crippen molar-refractivity contribution in [2.24, 2.45) is 0 Å². The number of nitrogens with one attached hydrogen (secondary N) is 3. The molecule has 14 nitrogen and oxygen atoms in total. The number of hydrogen-bond donors (Lipinski definition) is 3. The number of carbonyl (C=O) groups excluding carboxylic acids is 4. The van der Waals surface area contributed by atoms with E-state index in [1.807, 2.05) is 28.0 Å². The van der Waals surface area contributed by atoms with E-state index in [0.29, 0.717) is 74.5 Å². The Morgan fingerprint density at radius 2 is 1.38 bits per heavy atom. The van der Waals surface area contributed by atoms with Gasteiger partial charge >= 0.3 is 11.9 Å². The predicted octanol–water partition coefficient (Wildman–Crippen LogP) is 0.955. The third kappa shape index (κ3) is 11.5. The molecule has 4 rings (SSSR count). The van der Waals surface area contributed by atoms with Gasteiger partial charge in [0.1, 0.15) is 16.9 Å². The molecule has 2 amide bonds. The molecule has 1 saturated heterocycles. The molecule has 2 unspecified atom stereocenters. The monoisotopic (exact) mass is 711 g/mol. The van der Waals surface area contributed by atoms with Crippen molar-refractivity contribution in [1.82, 2.24) is 35.6 Å². The van der Waals surface area contributed by atoms with Gasteiger partial charge in [0.2, 0.25) is 11.8 Å². The normalized spacial score (nSPS) is 16.9. The number of aromatic nitrogens is 1. The molecule has 15 heteroatoms. The molecule has 1 aliphatic heterocycles. The van der Waals surface area contributed by atoms with Crippen LogP contribution in [0.4, 0.5) is 0 Å². The number of hydrogen-bond acceptors (Lipinski definition) is 13. The summed E-state index contributed by atoms with van der Waals surface area (Å²) in [5.74, 6) is -1.48. The summed E-state index contributed by atoms with van der Waals surface area (Å²) in [7, 11) is 0. The van der Waals surface area contributed by atoms with Crippen molar-refractivity contribution in [2.45, 2.75) is 46.3 Å². The van der Waals surface area contributed by atoms with E-state index >= 15 is 0 Å². The molecule has 0 spiro atoms. The summed E-state index contributed by atoms with van der Waals surface area (Å²) < 4.78 is 10.9. The van der Waals surface area contributed by atoms with Gasteiger partial charge in [0.25, 0.3) is 0 Å². The fourth-order valence-electron chi connectivity index (χ4n) is 5.70. The summed E-state index contributed by atoms with van der Waals surface area (Å²) in [6.07, 6.45) is 1.69. The van der Waals surface area contributed by atoms with Crippen LogP contribution in [0.25, 0.3) is 20.3 Å². The number of fused-ring (bicyclic) bond motifs is 2. The minimum atomic E-state index is -0.749. The van der Waals surface area contributed by atoms with E-state index in [-0.39, 0.29) is 43.5 Å². The van der Waals surface area contributed by atoms with Gasteiger partial charge in [0.15, 0.2) is 5.43 Å². The van der Waals surface area contributed by atoms with Gasteiger partial charge in [0, 0.05) is 75.2 Å². The molecule has 1 fully saturated rings. The van der Waals surface area contributed by atoms with Crippen molar-refractivity contribution in [3.63, 3.8) is 0 Å². The number of benzene rings is 1. The third-order valence-electron chi connectivity index (χ3n) is 8.36. The average Bonchev–Trinajstić information content (AvgIpc) is 3.08. The van der Waals surface area contributed by atoms with E-state index in [2.05, 4.69) is 25.8 Å². The third-order valence-corrected chi connectivity index (χ3v) is 9.46. The van der Waals surface area contributed by atoms with Crippen molar-refractivity contribution in [1.29, 1.82) is 0 Å². The number of nitrogens with zero attached hydrogens (tertiary/aromatic N) is 4. The SMILES string of the molecule is CCOC(=O)C(C)NC(=O)CN1CCNCCN(CC(=O)NC(C)C(=O)OCC)CCN(Cc2ccc3sc4ncccc4c(=O)c3c2)CC1. The lowest BCUT2D eigenvalue weighted by Gasteiger charge is -2.31. The molecule has 50 heavy (non-hydrogen) atoms. The minimum Gasteiger partial charge on any atom is -0.464 e. The smallest absolute Gasteiger partial charge is 0.328 e. The Hall–Kier alpha value is -4.02. The van der Waals surface area contributed by atoms with Crippen molar-refractivity contribution < 1.29 is 28.7 Å². The highest BCUT2D eigenvalue weighted by molar-refractivity contribution is 7.24. The van der Waals surface area contributed by atoms with E-state index in [9.17, 15) is 24.0 Å². The highest BCUT2D eigenvalue weighted by atomic mass is 32.1. The topological polar surface area (TPSA) is 163 Å². The Kier molecular flexibility index (Phi) is 15.0. The van der Waals surface area contributed by atoms with Crippen LogP contribution in [0.2, 0.25) is 0 Å². The van der Waals surface area contributed by atoms with E-state index < -0.39 is 24.0 Å². The van der Waals surface area contributed by atoms with E-state index in [4.69, 9.17) is 9.47 Å². The van der Waals surface area contributed by atoms with Crippen LogP contribution < -0.4 is 21.4 Å². The maximum Gasteiger partial charge on any atom is 0.328 e. The zero-order valence-corrected chi connectivity index (χ0v) is 30.2. The van der Waals surface area contributed by atoms with Crippen LogP contribution in [0.1, 0.15) is 33.3 Å². The first kappa shape index (κ1) is 38.8. The molecular weight excluding hydrogens is 662 g/mol. The molecule has 0 saturated carbocycles. The molecule has 0 radical (unpaired) electrons. The first-order chi connectivity index (χ1) is 24.1. The molecule has 3 aromatic rings. The lowest BCUT2D eigenvalue weighted by Crippen LogP contribution is -2.50. The van der Waals surface area contributed by atoms with E-state index in [1.54, 1.807) is 46.0 Å². The van der Waals surface area contributed by atoms with Crippen molar-refractivity contribution in [3.05, 3.63) is 52.3 Å². The summed E-state index contributed by atoms with van der Waals surface area (Å²) in [6.45, 7) is 12.7. The van der Waals surface area contributed by atoms with Crippen LogP contribution in [0, 0.1) is 0 Å². The Morgan fingerprint density at radius 1 is 0.820 bits per heavy atom. The van der Waals surface area contributed by atoms with Crippen molar-refractivity contribution in [2.75, 3.05) is 78.7 Å². The molecule has 0 aliphatic carbocycles. The Labute approximate surface area is 296 Å². The number of esters is 2. The average molecular weight is 712 g/mol. The lowest BCUT2D eigenvalue weighted by molar-refractivity contribution is -0.147. The summed E-state index contributed by atoms with van der Waals surface area (Å²) in [5, 5.41) is 10.1. The first-order valence-electron chi connectivity index (χ1n) is 17.2. The van der Waals surface area contributed by atoms with Gasteiger partial charge in [-0.3, -0.25) is 29.1 Å². The summed E-state index contributed by atoms with van der Waals surface area (Å²) in [5.41, 5.74) is 0.923. The second-order valence-electron chi connectivity index (χ2n) is 12.3. The number of amides is 2. The summed E-state index contributed by atoms with van der Waals surface area (Å²) in [4.78, 5) is 74.8. The molecule has 3 heterocycles. The van der Waals surface area contributed by atoms with Gasteiger partial charge in [-0.25, -0.2) is 14.6 Å². The van der Waals surface area contributed by atoms with E-state index in [1.165, 1.54) is 11.3 Å². The summed E-state index contributed by atoms with van der Waals surface area (Å²) >= 11 is 1.49. The molecule has 2 atom stereocenters.